The lowest BCUT2D eigenvalue weighted by Gasteiger charge is -2.48. The van der Waals surface area contributed by atoms with E-state index in [1.54, 1.807) is 6.07 Å². The molecule has 7 nitrogen and oxygen atoms in total. The number of rotatable bonds is 4. The van der Waals surface area contributed by atoms with E-state index in [1.807, 2.05) is 6.92 Å². The molecule has 0 aromatic carbocycles. The second kappa shape index (κ2) is 7.82. The van der Waals surface area contributed by atoms with Crippen molar-refractivity contribution in [1.82, 2.24) is 19.5 Å². The van der Waals surface area contributed by atoms with Crippen LogP contribution < -0.4 is 5.56 Å². The normalized spacial score (nSPS) is 25.8. The Labute approximate surface area is 169 Å². The lowest BCUT2D eigenvalue weighted by atomic mass is 9.80. The molecular formula is C20H30N4O3S. The molecular weight excluding hydrogens is 376 g/mol. The van der Waals surface area contributed by atoms with Crippen LogP contribution in [0.2, 0.25) is 0 Å². The van der Waals surface area contributed by atoms with Gasteiger partial charge in [-0.05, 0) is 31.6 Å². The SMILES string of the molecule is CCc1nn2c(=O)cc(CN3CCC4(CC3)C[C@H](O)C[C@H](C(C)C)O4)nc2s1. The highest BCUT2D eigenvalue weighted by atomic mass is 32.1. The minimum absolute atomic E-state index is 0.108. The maximum absolute atomic E-state index is 12.3. The average molecular weight is 407 g/mol. The largest absolute Gasteiger partial charge is 0.393 e. The fourth-order valence-corrected chi connectivity index (χ4v) is 5.25. The monoisotopic (exact) mass is 406 g/mol. The molecule has 2 aromatic rings. The van der Waals surface area contributed by atoms with Crippen LogP contribution >= 0.6 is 11.3 Å². The second-order valence-electron chi connectivity index (χ2n) is 8.58. The molecule has 4 heterocycles. The van der Waals surface area contributed by atoms with Crippen LogP contribution in [0.4, 0.5) is 0 Å². The number of piperidine rings is 1. The van der Waals surface area contributed by atoms with Crippen LogP contribution in [0.5, 0.6) is 0 Å². The molecule has 0 amide bonds. The van der Waals surface area contributed by atoms with Crippen molar-refractivity contribution in [2.45, 2.75) is 77.2 Å². The molecule has 4 rings (SSSR count). The molecule has 1 N–H and O–H groups in total. The molecule has 2 saturated heterocycles. The first-order valence-electron chi connectivity index (χ1n) is 10.3. The number of fused-ring (bicyclic) bond motifs is 1. The van der Waals surface area contributed by atoms with E-state index >= 15 is 0 Å². The number of aliphatic hydroxyl groups excluding tert-OH is 1. The number of aryl methyl sites for hydroxylation is 1. The van der Waals surface area contributed by atoms with E-state index in [2.05, 4.69) is 28.8 Å². The standard InChI is InChI=1S/C20H30N4O3S/c1-4-17-22-24-18(26)9-14(21-19(24)28-17)12-23-7-5-20(6-8-23)11-15(25)10-16(27-20)13(2)3/h9,13,15-16,25H,4-8,10-12H2,1-3H3/t15-,16-/m1/s1. The van der Waals surface area contributed by atoms with Crippen molar-refractivity contribution in [3.8, 4) is 0 Å². The summed E-state index contributed by atoms with van der Waals surface area (Å²) in [6, 6.07) is 1.60. The topological polar surface area (TPSA) is 80.0 Å². The van der Waals surface area contributed by atoms with Crippen LogP contribution in [0, 0.1) is 5.92 Å². The summed E-state index contributed by atoms with van der Waals surface area (Å²) >= 11 is 1.48. The third-order valence-electron chi connectivity index (χ3n) is 6.05. The first-order chi connectivity index (χ1) is 13.4. The average Bonchev–Trinajstić information content (AvgIpc) is 3.07. The van der Waals surface area contributed by atoms with Gasteiger partial charge in [0.1, 0.15) is 5.01 Å². The fourth-order valence-electron chi connectivity index (χ4n) is 4.40. The maximum Gasteiger partial charge on any atom is 0.275 e. The number of ether oxygens (including phenoxy) is 1. The van der Waals surface area contributed by atoms with Crippen molar-refractivity contribution >= 4 is 16.3 Å². The summed E-state index contributed by atoms with van der Waals surface area (Å²) in [7, 11) is 0. The Kier molecular flexibility index (Phi) is 5.57. The van der Waals surface area contributed by atoms with Crippen LogP contribution in [-0.4, -0.2) is 55.5 Å². The zero-order valence-corrected chi connectivity index (χ0v) is 17.7. The quantitative estimate of drug-likeness (QED) is 0.839. The molecule has 154 valence electrons. The van der Waals surface area contributed by atoms with E-state index in [0.29, 0.717) is 17.4 Å². The summed E-state index contributed by atoms with van der Waals surface area (Å²) in [6.07, 6.45) is 3.97. The van der Waals surface area contributed by atoms with Gasteiger partial charge in [0.25, 0.3) is 5.56 Å². The van der Waals surface area contributed by atoms with Crippen molar-refractivity contribution in [3.63, 3.8) is 0 Å². The van der Waals surface area contributed by atoms with Crippen LogP contribution in [0.15, 0.2) is 10.9 Å². The highest BCUT2D eigenvalue weighted by Crippen LogP contribution is 2.39. The molecule has 0 radical (unpaired) electrons. The van der Waals surface area contributed by atoms with Gasteiger partial charge in [0.15, 0.2) is 0 Å². The molecule has 0 unspecified atom stereocenters. The smallest absolute Gasteiger partial charge is 0.275 e. The number of hydrogen-bond donors (Lipinski definition) is 1. The number of aliphatic hydroxyl groups is 1. The summed E-state index contributed by atoms with van der Waals surface area (Å²) in [5.74, 6) is 0.418. The van der Waals surface area contributed by atoms with Crippen molar-refractivity contribution < 1.29 is 9.84 Å². The Bertz CT molecular complexity index is 885. The Hall–Kier alpha value is -1.35. The van der Waals surface area contributed by atoms with Crippen molar-refractivity contribution in [2.24, 2.45) is 5.92 Å². The molecule has 28 heavy (non-hydrogen) atoms. The Balaban J connectivity index is 1.43. The van der Waals surface area contributed by atoms with Crippen LogP contribution in [0.25, 0.3) is 4.96 Å². The Morgan fingerprint density at radius 1 is 1.39 bits per heavy atom. The van der Waals surface area contributed by atoms with Gasteiger partial charge >= 0.3 is 0 Å². The van der Waals surface area contributed by atoms with Gasteiger partial charge in [0, 0.05) is 32.1 Å². The minimum Gasteiger partial charge on any atom is -0.393 e. The highest BCUT2D eigenvalue weighted by Gasteiger charge is 2.43. The minimum atomic E-state index is -0.268. The van der Waals surface area contributed by atoms with Crippen molar-refractivity contribution in [2.75, 3.05) is 13.1 Å². The van der Waals surface area contributed by atoms with Gasteiger partial charge in [-0.1, -0.05) is 32.1 Å². The summed E-state index contributed by atoms with van der Waals surface area (Å²) in [5, 5.41) is 15.6. The molecule has 2 atom stereocenters. The van der Waals surface area contributed by atoms with E-state index in [0.717, 1.165) is 55.9 Å². The lowest BCUT2D eigenvalue weighted by molar-refractivity contribution is -0.193. The van der Waals surface area contributed by atoms with Gasteiger partial charge in [-0.2, -0.15) is 9.61 Å². The first-order valence-corrected chi connectivity index (χ1v) is 11.2. The predicted molar refractivity (Wildman–Crippen MR) is 109 cm³/mol. The number of likely N-dealkylation sites (tertiary alicyclic amines) is 1. The van der Waals surface area contributed by atoms with Gasteiger partial charge in [-0.25, -0.2) is 4.98 Å². The molecule has 0 aliphatic carbocycles. The highest BCUT2D eigenvalue weighted by molar-refractivity contribution is 7.16. The molecule has 2 aromatic heterocycles. The van der Waals surface area contributed by atoms with Crippen LogP contribution in [0.1, 0.15) is 57.2 Å². The second-order valence-corrected chi connectivity index (χ2v) is 9.62. The summed E-state index contributed by atoms with van der Waals surface area (Å²) in [4.78, 5) is 20.0. The maximum atomic E-state index is 12.3. The Morgan fingerprint density at radius 3 is 2.82 bits per heavy atom. The first kappa shape index (κ1) is 19.9. The van der Waals surface area contributed by atoms with Crippen molar-refractivity contribution in [1.29, 1.82) is 0 Å². The predicted octanol–water partition coefficient (Wildman–Crippen LogP) is 2.24. The molecule has 0 bridgehead atoms. The molecule has 2 aliphatic heterocycles. The molecule has 0 saturated carbocycles. The fraction of sp³-hybridized carbons (Fsp3) is 0.750. The Morgan fingerprint density at radius 2 is 2.14 bits per heavy atom. The van der Waals surface area contributed by atoms with Crippen molar-refractivity contribution in [3.05, 3.63) is 27.1 Å². The third kappa shape index (κ3) is 4.01. The van der Waals surface area contributed by atoms with E-state index < -0.39 is 0 Å². The summed E-state index contributed by atoms with van der Waals surface area (Å²) < 4.78 is 7.88. The van der Waals surface area contributed by atoms with E-state index in [4.69, 9.17) is 4.74 Å². The van der Waals surface area contributed by atoms with Gasteiger partial charge in [0.05, 0.1) is 23.5 Å². The number of aromatic nitrogens is 3. The number of hydrogen-bond acceptors (Lipinski definition) is 7. The van der Waals surface area contributed by atoms with Gasteiger partial charge in [-0.3, -0.25) is 9.69 Å². The van der Waals surface area contributed by atoms with E-state index in [1.165, 1.54) is 15.9 Å². The van der Waals surface area contributed by atoms with E-state index in [-0.39, 0.29) is 23.4 Å². The van der Waals surface area contributed by atoms with Gasteiger partial charge in [-0.15, -0.1) is 0 Å². The third-order valence-corrected chi connectivity index (χ3v) is 7.10. The number of nitrogens with zero attached hydrogens (tertiary/aromatic N) is 4. The molecule has 2 aliphatic rings. The molecule has 2 fully saturated rings. The van der Waals surface area contributed by atoms with Gasteiger partial charge < -0.3 is 9.84 Å². The zero-order chi connectivity index (χ0) is 19.9. The van der Waals surface area contributed by atoms with Crippen LogP contribution in [-0.2, 0) is 17.7 Å². The van der Waals surface area contributed by atoms with Gasteiger partial charge in [0.2, 0.25) is 4.96 Å². The summed E-state index contributed by atoms with van der Waals surface area (Å²) in [5.41, 5.74) is 0.494. The molecule has 8 heteroatoms. The lowest BCUT2D eigenvalue weighted by Crippen LogP contribution is -2.53. The van der Waals surface area contributed by atoms with Crippen LogP contribution in [0.3, 0.4) is 0 Å². The molecule has 1 spiro atoms. The summed E-state index contributed by atoms with van der Waals surface area (Å²) in [6.45, 7) is 8.80. The zero-order valence-electron chi connectivity index (χ0n) is 16.9. The van der Waals surface area contributed by atoms with E-state index in [9.17, 15) is 9.90 Å².